The van der Waals surface area contributed by atoms with Crippen LogP contribution >= 0.6 is 0 Å². The quantitative estimate of drug-likeness (QED) is 0.827. The Kier molecular flexibility index (Phi) is 2.74. The van der Waals surface area contributed by atoms with Crippen molar-refractivity contribution in [2.24, 2.45) is 0 Å². The molecule has 4 nitrogen and oxygen atoms in total. The van der Waals surface area contributed by atoms with Crippen molar-refractivity contribution >= 4 is 5.82 Å². The van der Waals surface area contributed by atoms with Crippen LogP contribution in [0.4, 0.5) is 5.82 Å². The highest BCUT2D eigenvalue weighted by Gasteiger charge is 2.35. The van der Waals surface area contributed by atoms with E-state index in [9.17, 15) is 0 Å². The first-order chi connectivity index (χ1) is 7.95. The maximum atomic E-state index is 4.41. The first kappa shape index (κ1) is 10.0. The summed E-state index contributed by atoms with van der Waals surface area (Å²) in [6, 6.07) is 3.45. The summed E-state index contributed by atoms with van der Waals surface area (Å²) in [5.74, 6) is 1.12. The van der Waals surface area contributed by atoms with Gasteiger partial charge in [0.2, 0.25) is 0 Å². The predicted molar refractivity (Wildman–Crippen MR) is 63.4 cm³/mol. The van der Waals surface area contributed by atoms with Gasteiger partial charge in [-0.15, -0.1) is 0 Å². The van der Waals surface area contributed by atoms with E-state index in [-0.39, 0.29) is 0 Å². The molecule has 0 spiro atoms. The van der Waals surface area contributed by atoms with Crippen LogP contribution in [0.5, 0.6) is 0 Å². The highest BCUT2D eigenvalue weighted by molar-refractivity contribution is 5.41. The molecule has 2 aliphatic rings. The zero-order valence-electron chi connectivity index (χ0n) is 9.47. The van der Waals surface area contributed by atoms with Crippen molar-refractivity contribution in [2.45, 2.75) is 37.8 Å². The van der Waals surface area contributed by atoms with Gasteiger partial charge in [-0.2, -0.15) is 0 Å². The molecule has 1 saturated heterocycles. The molecule has 0 amide bonds. The first-order valence-electron chi connectivity index (χ1n) is 6.20. The second-order valence-electron chi connectivity index (χ2n) is 4.69. The summed E-state index contributed by atoms with van der Waals surface area (Å²) < 4.78 is 0. The van der Waals surface area contributed by atoms with Crippen molar-refractivity contribution in [3.63, 3.8) is 0 Å². The smallest absolute Gasteiger partial charge is 0.132 e. The number of aromatic nitrogens is 2. The lowest BCUT2D eigenvalue weighted by molar-refractivity contribution is 0.425. The third-order valence-electron chi connectivity index (χ3n) is 3.47. The number of piperidine rings is 1. The normalized spacial score (nSPS) is 22.0. The second kappa shape index (κ2) is 4.37. The molecule has 0 bridgehead atoms. The third-order valence-corrected chi connectivity index (χ3v) is 3.47. The van der Waals surface area contributed by atoms with Gasteiger partial charge in [0.1, 0.15) is 12.1 Å². The topological polar surface area (TPSA) is 41.0 Å². The van der Waals surface area contributed by atoms with Gasteiger partial charge >= 0.3 is 0 Å². The summed E-state index contributed by atoms with van der Waals surface area (Å²) >= 11 is 0. The largest absolute Gasteiger partial charge is 0.350 e. The van der Waals surface area contributed by atoms with Crippen LogP contribution in [0, 0.1) is 0 Å². The van der Waals surface area contributed by atoms with Gasteiger partial charge in [-0.1, -0.05) is 0 Å². The Hall–Kier alpha value is -1.16. The van der Waals surface area contributed by atoms with Gasteiger partial charge in [0.15, 0.2) is 0 Å². The Morgan fingerprint density at radius 1 is 1.12 bits per heavy atom. The van der Waals surface area contributed by atoms with Gasteiger partial charge in [-0.05, 0) is 44.8 Å². The van der Waals surface area contributed by atoms with Crippen LogP contribution in [-0.4, -0.2) is 35.1 Å². The molecule has 1 N–H and O–H groups in total. The SMILES string of the molecule is c1cc(N(C2CCNCC2)C2CC2)ncn1. The molecule has 1 aliphatic heterocycles. The van der Waals surface area contributed by atoms with E-state index in [1.54, 1.807) is 6.33 Å². The summed E-state index contributed by atoms with van der Waals surface area (Å²) in [7, 11) is 0. The number of nitrogens with one attached hydrogen (secondary N) is 1. The molecular formula is C12H18N4. The maximum Gasteiger partial charge on any atom is 0.132 e. The van der Waals surface area contributed by atoms with Gasteiger partial charge < -0.3 is 10.2 Å². The minimum absolute atomic E-state index is 0.670. The van der Waals surface area contributed by atoms with E-state index in [1.165, 1.54) is 25.7 Å². The molecule has 1 saturated carbocycles. The molecule has 2 fully saturated rings. The Labute approximate surface area is 96.1 Å². The molecule has 86 valence electrons. The van der Waals surface area contributed by atoms with E-state index in [4.69, 9.17) is 0 Å². The van der Waals surface area contributed by atoms with Crippen LogP contribution in [0.25, 0.3) is 0 Å². The maximum absolute atomic E-state index is 4.41. The molecule has 1 aliphatic carbocycles. The third kappa shape index (κ3) is 2.02. The van der Waals surface area contributed by atoms with Crippen molar-refractivity contribution in [1.82, 2.24) is 15.3 Å². The van der Waals surface area contributed by atoms with Crippen LogP contribution in [-0.2, 0) is 0 Å². The summed E-state index contributed by atoms with van der Waals surface area (Å²) in [5, 5.41) is 3.42. The van der Waals surface area contributed by atoms with E-state index < -0.39 is 0 Å². The molecule has 1 aromatic heterocycles. The number of rotatable bonds is 3. The molecule has 3 rings (SSSR count). The molecular weight excluding hydrogens is 200 g/mol. The van der Waals surface area contributed by atoms with E-state index in [2.05, 4.69) is 20.2 Å². The molecule has 0 atom stereocenters. The van der Waals surface area contributed by atoms with Gasteiger partial charge in [-0.25, -0.2) is 9.97 Å². The number of anilines is 1. The lowest BCUT2D eigenvalue weighted by atomic mass is 10.0. The highest BCUT2D eigenvalue weighted by atomic mass is 15.3. The lowest BCUT2D eigenvalue weighted by Crippen LogP contribution is -2.44. The van der Waals surface area contributed by atoms with E-state index in [0.717, 1.165) is 24.9 Å². The standard InChI is InChI=1S/C12H18N4/c1-2-10(1)16(11-3-6-13-7-4-11)12-5-8-14-9-15-12/h5,8-11,13H,1-4,6-7H2. The lowest BCUT2D eigenvalue weighted by Gasteiger charge is -2.35. The minimum Gasteiger partial charge on any atom is -0.350 e. The van der Waals surface area contributed by atoms with E-state index >= 15 is 0 Å². The molecule has 1 aromatic rings. The molecule has 0 unspecified atom stereocenters. The van der Waals surface area contributed by atoms with Gasteiger partial charge in [-0.3, -0.25) is 0 Å². The highest BCUT2D eigenvalue weighted by Crippen LogP contribution is 2.34. The zero-order chi connectivity index (χ0) is 10.8. The van der Waals surface area contributed by atoms with Gasteiger partial charge in [0.25, 0.3) is 0 Å². The molecule has 2 heterocycles. The van der Waals surface area contributed by atoms with Gasteiger partial charge in [0, 0.05) is 18.3 Å². The number of hydrogen-bond acceptors (Lipinski definition) is 4. The Morgan fingerprint density at radius 2 is 1.88 bits per heavy atom. The predicted octanol–water partition coefficient (Wildman–Crippen LogP) is 1.20. The van der Waals surface area contributed by atoms with Crippen LogP contribution in [0.2, 0.25) is 0 Å². The van der Waals surface area contributed by atoms with Crippen LogP contribution in [0.3, 0.4) is 0 Å². The Bertz CT molecular complexity index is 330. The Morgan fingerprint density at radius 3 is 2.50 bits per heavy atom. The average Bonchev–Trinajstić information content (AvgIpc) is 3.17. The molecule has 0 radical (unpaired) electrons. The van der Waals surface area contributed by atoms with Crippen molar-refractivity contribution in [1.29, 1.82) is 0 Å². The summed E-state index contributed by atoms with van der Waals surface area (Å²) in [6.07, 6.45) is 8.63. The van der Waals surface area contributed by atoms with Crippen molar-refractivity contribution in [3.8, 4) is 0 Å². The van der Waals surface area contributed by atoms with E-state index in [1.807, 2.05) is 12.3 Å². The number of hydrogen-bond donors (Lipinski definition) is 1. The summed E-state index contributed by atoms with van der Waals surface area (Å²) in [6.45, 7) is 2.28. The van der Waals surface area contributed by atoms with Crippen molar-refractivity contribution < 1.29 is 0 Å². The van der Waals surface area contributed by atoms with Crippen molar-refractivity contribution in [3.05, 3.63) is 18.6 Å². The minimum atomic E-state index is 0.670. The van der Waals surface area contributed by atoms with Gasteiger partial charge in [0.05, 0.1) is 0 Å². The average molecular weight is 218 g/mol. The van der Waals surface area contributed by atoms with E-state index in [0.29, 0.717) is 6.04 Å². The summed E-state index contributed by atoms with van der Waals surface area (Å²) in [4.78, 5) is 10.9. The summed E-state index contributed by atoms with van der Waals surface area (Å²) in [5.41, 5.74) is 0. The fraction of sp³-hybridized carbons (Fsp3) is 0.667. The zero-order valence-corrected chi connectivity index (χ0v) is 9.47. The van der Waals surface area contributed by atoms with Crippen molar-refractivity contribution in [2.75, 3.05) is 18.0 Å². The first-order valence-corrected chi connectivity index (χ1v) is 6.20. The van der Waals surface area contributed by atoms with Crippen LogP contribution < -0.4 is 10.2 Å². The fourth-order valence-corrected chi connectivity index (χ4v) is 2.55. The monoisotopic (exact) mass is 218 g/mol. The number of nitrogens with zero attached hydrogens (tertiary/aromatic N) is 3. The molecule has 0 aromatic carbocycles. The fourth-order valence-electron chi connectivity index (χ4n) is 2.55. The molecule has 16 heavy (non-hydrogen) atoms. The van der Waals surface area contributed by atoms with Crippen LogP contribution in [0.15, 0.2) is 18.6 Å². The second-order valence-corrected chi connectivity index (χ2v) is 4.69. The van der Waals surface area contributed by atoms with Crippen LogP contribution in [0.1, 0.15) is 25.7 Å². The Balaban J connectivity index is 1.80. The molecule has 4 heteroatoms.